The lowest BCUT2D eigenvalue weighted by Gasteiger charge is -2.35. The Morgan fingerprint density at radius 3 is 2.35 bits per heavy atom. The Hall–Kier alpha value is -4.62. The van der Waals surface area contributed by atoms with Crippen LogP contribution in [0.3, 0.4) is 0 Å². The van der Waals surface area contributed by atoms with Crippen molar-refractivity contribution in [3.05, 3.63) is 83.0 Å². The zero-order valence-electron chi connectivity index (χ0n) is 27.9. The van der Waals surface area contributed by atoms with Gasteiger partial charge in [0.2, 0.25) is 11.8 Å². The van der Waals surface area contributed by atoms with Gasteiger partial charge >= 0.3 is 0 Å². The lowest BCUT2D eigenvalue weighted by molar-refractivity contribution is 0.0508. The molecule has 0 spiro atoms. The largest absolute Gasteiger partial charge is 0.475 e. The predicted octanol–water partition coefficient (Wildman–Crippen LogP) is 5.03. The first-order valence-corrected chi connectivity index (χ1v) is 17.5. The first-order chi connectivity index (χ1) is 22.9. The van der Waals surface area contributed by atoms with Crippen LogP contribution in [-0.2, 0) is 21.3 Å². The zero-order chi connectivity index (χ0) is 34.1. The van der Waals surface area contributed by atoms with Crippen molar-refractivity contribution in [1.29, 1.82) is 0 Å². The number of rotatable bonds is 5. The summed E-state index contributed by atoms with van der Waals surface area (Å²) in [6.45, 7) is 13.2. The number of benzene rings is 2. The smallest absolute Gasteiger partial charge is 0.264 e. The average molecular weight is 672 g/mol. The van der Waals surface area contributed by atoms with E-state index in [1.165, 1.54) is 12.1 Å². The first-order valence-electron chi connectivity index (χ1n) is 16.0. The maximum absolute atomic E-state index is 14.4. The van der Waals surface area contributed by atoms with Gasteiger partial charge in [-0.2, -0.15) is 10.1 Å². The van der Waals surface area contributed by atoms with Gasteiger partial charge in [-0.25, -0.2) is 18.1 Å². The second-order valence-electron chi connectivity index (χ2n) is 13.5. The Labute approximate surface area is 281 Å². The molecule has 2 aliphatic rings. The van der Waals surface area contributed by atoms with Crippen LogP contribution >= 0.6 is 0 Å². The van der Waals surface area contributed by atoms with Gasteiger partial charge in [-0.15, -0.1) is 5.10 Å². The molecule has 0 aliphatic carbocycles. The molecular weight excluding hydrogens is 630 g/mol. The van der Waals surface area contributed by atoms with E-state index >= 15 is 0 Å². The Balaban J connectivity index is 1.43. The summed E-state index contributed by atoms with van der Waals surface area (Å²) in [6.07, 6.45) is 0.579. The SMILES string of the molecule is Cc1cccc(C)c1-c1cc2nc(n1)NS(=O)(=O)c1cccc(c1)C(=O)N(Cc1ccc(N3CCOCC3)nn1)[C@H](CC(C)(C)C)CO2. The van der Waals surface area contributed by atoms with Crippen molar-refractivity contribution < 1.29 is 22.7 Å². The number of carbonyl (C=O) groups is 1. The number of aromatic nitrogens is 4. The highest BCUT2D eigenvalue weighted by atomic mass is 32.2. The van der Waals surface area contributed by atoms with Gasteiger partial charge in [0.1, 0.15) is 6.61 Å². The van der Waals surface area contributed by atoms with Gasteiger partial charge < -0.3 is 19.3 Å². The topological polar surface area (TPSA) is 140 Å². The number of fused-ring (bicyclic) bond motifs is 4. The van der Waals surface area contributed by atoms with Gasteiger partial charge in [-0.1, -0.05) is 45.0 Å². The fourth-order valence-electron chi connectivity index (χ4n) is 6.12. The van der Waals surface area contributed by atoms with Crippen LogP contribution in [-0.4, -0.2) is 78.3 Å². The molecule has 2 aliphatic heterocycles. The van der Waals surface area contributed by atoms with Crippen molar-refractivity contribution in [3.63, 3.8) is 0 Å². The minimum Gasteiger partial charge on any atom is -0.475 e. The molecule has 2 aromatic carbocycles. The summed E-state index contributed by atoms with van der Waals surface area (Å²) in [4.78, 5) is 27.2. The molecule has 6 rings (SSSR count). The number of hydrogen-bond donors (Lipinski definition) is 1. The molecule has 13 heteroatoms. The Morgan fingerprint density at radius 2 is 1.67 bits per heavy atom. The molecule has 1 fully saturated rings. The van der Waals surface area contributed by atoms with E-state index in [1.54, 1.807) is 23.1 Å². The number of aryl methyl sites for hydroxylation is 2. The summed E-state index contributed by atoms with van der Waals surface area (Å²) in [5.41, 5.74) is 3.95. The van der Waals surface area contributed by atoms with Crippen molar-refractivity contribution in [2.75, 3.05) is 42.5 Å². The highest BCUT2D eigenvalue weighted by Gasteiger charge is 2.32. The number of hydrogen-bond acceptors (Lipinski definition) is 10. The highest BCUT2D eigenvalue weighted by molar-refractivity contribution is 7.92. The Bertz CT molecular complexity index is 1890. The van der Waals surface area contributed by atoms with Gasteiger partial charge in [0.15, 0.2) is 5.82 Å². The summed E-state index contributed by atoms with van der Waals surface area (Å²) in [6, 6.07) is 17.0. The van der Waals surface area contributed by atoms with E-state index < -0.39 is 16.1 Å². The number of ether oxygens (including phenoxy) is 2. The minimum atomic E-state index is -4.17. The molecular formula is C35H41N7O5S. The van der Waals surface area contributed by atoms with Crippen LogP contribution < -0.4 is 14.4 Å². The Morgan fingerprint density at radius 1 is 0.938 bits per heavy atom. The molecule has 4 heterocycles. The van der Waals surface area contributed by atoms with Crippen LogP contribution in [0.5, 0.6) is 5.88 Å². The summed E-state index contributed by atoms with van der Waals surface area (Å²) < 4.78 is 41.7. The molecule has 1 amide bonds. The second kappa shape index (κ2) is 13.5. The second-order valence-corrected chi connectivity index (χ2v) is 15.1. The third-order valence-electron chi connectivity index (χ3n) is 8.40. The van der Waals surface area contributed by atoms with Crippen LogP contribution in [0.25, 0.3) is 11.3 Å². The number of nitrogens with zero attached hydrogens (tertiary/aromatic N) is 6. The number of carbonyl (C=O) groups excluding carboxylic acids is 1. The monoisotopic (exact) mass is 671 g/mol. The van der Waals surface area contributed by atoms with E-state index in [0.717, 1.165) is 35.6 Å². The number of nitrogens with one attached hydrogen (secondary N) is 1. The summed E-state index contributed by atoms with van der Waals surface area (Å²) in [7, 11) is -4.17. The molecule has 0 saturated carbocycles. The van der Waals surface area contributed by atoms with Gasteiger partial charge in [-0.05, 0) is 67.1 Å². The zero-order valence-corrected chi connectivity index (χ0v) is 28.7. The van der Waals surface area contributed by atoms with Crippen LogP contribution in [0.4, 0.5) is 11.8 Å². The van der Waals surface area contributed by atoms with Gasteiger partial charge in [0.05, 0.1) is 42.1 Å². The minimum absolute atomic E-state index is 0.0851. The first kappa shape index (κ1) is 33.3. The van der Waals surface area contributed by atoms with Crippen molar-refractivity contribution in [2.45, 2.75) is 58.5 Å². The quantitative estimate of drug-likeness (QED) is 0.307. The molecule has 252 valence electrons. The highest BCUT2D eigenvalue weighted by Crippen LogP contribution is 2.32. The number of amides is 1. The molecule has 12 nitrogen and oxygen atoms in total. The third kappa shape index (κ3) is 7.57. The number of sulfonamides is 1. The third-order valence-corrected chi connectivity index (χ3v) is 9.73. The van der Waals surface area contributed by atoms with Crippen LogP contribution in [0, 0.1) is 19.3 Å². The van der Waals surface area contributed by atoms with E-state index in [2.05, 4.69) is 50.6 Å². The normalized spacial score (nSPS) is 18.2. The molecule has 1 saturated heterocycles. The fraction of sp³-hybridized carbons (Fsp3) is 0.400. The van der Waals surface area contributed by atoms with Crippen molar-refractivity contribution in [2.24, 2.45) is 5.41 Å². The van der Waals surface area contributed by atoms with Gasteiger partial charge in [-0.3, -0.25) is 4.79 Å². The van der Waals surface area contributed by atoms with E-state index in [4.69, 9.17) is 9.47 Å². The van der Waals surface area contributed by atoms with Crippen LogP contribution in [0.2, 0.25) is 0 Å². The molecule has 0 radical (unpaired) electrons. The van der Waals surface area contributed by atoms with E-state index in [0.29, 0.717) is 31.0 Å². The number of anilines is 2. The van der Waals surface area contributed by atoms with Gasteiger partial charge in [0.25, 0.3) is 15.9 Å². The van der Waals surface area contributed by atoms with Crippen molar-refractivity contribution in [1.82, 2.24) is 25.1 Å². The lowest BCUT2D eigenvalue weighted by atomic mass is 9.87. The Kier molecular flexibility index (Phi) is 9.35. The summed E-state index contributed by atoms with van der Waals surface area (Å²) in [5, 5.41) is 8.97. The molecule has 48 heavy (non-hydrogen) atoms. The molecule has 1 atom stereocenters. The maximum Gasteiger partial charge on any atom is 0.264 e. The van der Waals surface area contributed by atoms with E-state index in [-0.39, 0.29) is 46.8 Å². The average Bonchev–Trinajstić information content (AvgIpc) is 3.05. The predicted molar refractivity (Wildman–Crippen MR) is 182 cm³/mol. The molecule has 4 aromatic rings. The van der Waals surface area contributed by atoms with Crippen molar-refractivity contribution in [3.8, 4) is 17.1 Å². The van der Waals surface area contributed by atoms with E-state index in [1.807, 2.05) is 44.2 Å². The summed E-state index contributed by atoms with van der Waals surface area (Å²) in [5.74, 6) is 0.461. The van der Waals surface area contributed by atoms with Gasteiger partial charge in [0, 0.05) is 30.3 Å². The fourth-order valence-corrected chi connectivity index (χ4v) is 7.11. The maximum atomic E-state index is 14.4. The lowest BCUT2D eigenvalue weighted by Crippen LogP contribution is -2.45. The van der Waals surface area contributed by atoms with E-state index in [9.17, 15) is 13.2 Å². The number of morpholine rings is 1. The summed E-state index contributed by atoms with van der Waals surface area (Å²) >= 11 is 0. The molecule has 1 N–H and O–H groups in total. The standard InChI is InChI=1S/C35H41N7O5S/c1-23-8-6-9-24(2)32(23)29-19-31-37-34(36-29)40-48(44,45)28-11-7-10-25(18-28)33(43)42(27(22-47-31)20-35(3,4)5)21-26-12-13-30(39-38-26)41-14-16-46-17-15-41/h6-13,18-19,27H,14-17,20-22H2,1-5H3,(H,36,37,40)/t27-/m1/s1. The van der Waals surface area contributed by atoms with Crippen LogP contribution in [0.15, 0.2) is 65.6 Å². The molecule has 0 unspecified atom stereocenters. The molecule has 2 aromatic heterocycles. The van der Waals surface area contributed by atoms with Crippen LogP contribution in [0.1, 0.15) is 54.4 Å². The molecule has 4 bridgehead atoms. The van der Waals surface area contributed by atoms with Crippen molar-refractivity contribution >= 4 is 27.7 Å².